The molecule has 1 aromatic heterocycles. The van der Waals surface area contributed by atoms with E-state index in [9.17, 15) is 0 Å². The van der Waals surface area contributed by atoms with Crippen LogP contribution in [-0.4, -0.2) is 34.1 Å². The Bertz CT molecular complexity index is 330. The van der Waals surface area contributed by atoms with Crippen LogP contribution in [0.3, 0.4) is 0 Å². The van der Waals surface area contributed by atoms with Crippen LogP contribution in [0.25, 0.3) is 0 Å². The minimum atomic E-state index is 0.296. The molecule has 1 fully saturated rings. The van der Waals surface area contributed by atoms with Crippen LogP contribution in [0, 0.1) is 17.2 Å². The fourth-order valence-electron chi connectivity index (χ4n) is 2.18. The molecule has 1 aliphatic rings. The monoisotopic (exact) mass is 218 g/mol. The lowest BCUT2D eigenvalue weighted by Crippen LogP contribution is -2.34. The Kier molecular flexibility index (Phi) is 3.95. The fourth-order valence-corrected chi connectivity index (χ4v) is 2.18. The lowest BCUT2D eigenvalue weighted by atomic mass is 9.98. The second kappa shape index (κ2) is 5.66. The molecule has 1 aromatic rings. The van der Waals surface area contributed by atoms with Gasteiger partial charge in [-0.05, 0) is 38.9 Å². The molecule has 0 spiro atoms. The van der Waals surface area contributed by atoms with E-state index >= 15 is 0 Å². The van der Waals surface area contributed by atoms with Gasteiger partial charge in [-0.15, -0.1) is 0 Å². The summed E-state index contributed by atoms with van der Waals surface area (Å²) in [5, 5.41) is 8.80. The fraction of sp³-hybridized carbons (Fsp3) is 0.667. The van der Waals surface area contributed by atoms with Crippen LogP contribution in [0.5, 0.6) is 0 Å². The summed E-state index contributed by atoms with van der Waals surface area (Å²) < 4.78 is 2.11. The molecule has 0 aliphatic carbocycles. The number of nitrogens with zero attached hydrogens (tertiary/aromatic N) is 4. The number of aromatic nitrogens is 2. The van der Waals surface area contributed by atoms with Crippen LogP contribution in [0.4, 0.5) is 0 Å². The molecule has 0 atom stereocenters. The van der Waals surface area contributed by atoms with Crippen LogP contribution in [0.15, 0.2) is 18.7 Å². The average Bonchev–Trinajstić information content (AvgIpc) is 2.83. The molecule has 1 saturated heterocycles. The van der Waals surface area contributed by atoms with Gasteiger partial charge in [0.2, 0.25) is 0 Å². The van der Waals surface area contributed by atoms with Gasteiger partial charge in [-0.1, -0.05) is 0 Å². The summed E-state index contributed by atoms with van der Waals surface area (Å²) in [6.07, 6.45) is 8.93. The van der Waals surface area contributed by atoms with Crippen LogP contribution in [0.2, 0.25) is 0 Å². The maximum absolute atomic E-state index is 8.80. The van der Waals surface area contributed by atoms with Gasteiger partial charge in [0.15, 0.2) is 0 Å². The van der Waals surface area contributed by atoms with E-state index in [1.165, 1.54) is 0 Å². The highest BCUT2D eigenvalue weighted by Crippen LogP contribution is 2.15. The van der Waals surface area contributed by atoms with Crippen molar-refractivity contribution in [2.24, 2.45) is 5.92 Å². The van der Waals surface area contributed by atoms with Crippen molar-refractivity contribution in [1.29, 1.82) is 5.26 Å². The van der Waals surface area contributed by atoms with Gasteiger partial charge in [0.05, 0.1) is 12.4 Å². The Morgan fingerprint density at radius 2 is 2.12 bits per heavy atom. The van der Waals surface area contributed by atoms with Crippen molar-refractivity contribution < 1.29 is 0 Å². The van der Waals surface area contributed by atoms with E-state index in [1.54, 1.807) is 0 Å². The van der Waals surface area contributed by atoms with Gasteiger partial charge < -0.3 is 9.47 Å². The lowest BCUT2D eigenvalue weighted by Gasteiger charge is -2.28. The van der Waals surface area contributed by atoms with Crippen molar-refractivity contribution in [3.63, 3.8) is 0 Å². The highest BCUT2D eigenvalue weighted by atomic mass is 15.1. The summed E-state index contributed by atoms with van der Waals surface area (Å²) in [6.45, 7) is 4.35. The summed E-state index contributed by atoms with van der Waals surface area (Å²) in [5.41, 5.74) is 0. The Morgan fingerprint density at radius 3 is 2.75 bits per heavy atom. The molecule has 2 heterocycles. The number of hydrogen-bond acceptors (Lipinski definition) is 3. The SMILES string of the molecule is N#CC1CCN(CCCn2ccnc2)CC1. The maximum Gasteiger partial charge on any atom is 0.0945 e. The van der Waals surface area contributed by atoms with E-state index in [0.29, 0.717) is 5.92 Å². The first-order valence-corrected chi connectivity index (χ1v) is 5.96. The maximum atomic E-state index is 8.80. The highest BCUT2D eigenvalue weighted by molar-refractivity contribution is 4.87. The third-order valence-corrected chi connectivity index (χ3v) is 3.22. The Labute approximate surface area is 96.5 Å². The number of likely N-dealkylation sites (tertiary alicyclic amines) is 1. The lowest BCUT2D eigenvalue weighted by molar-refractivity contribution is 0.201. The van der Waals surface area contributed by atoms with Crippen LogP contribution >= 0.6 is 0 Å². The number of rotatable bonds is 4. The highest BCUT2D eigenvalue weighted by Gasteiger charge is 2.17. The number of piperidine rings is 1. The normalized spacial score (nSPS) is 18.4. The first kappa shape index (κ1) is 11.2. The van der Waals surface area contributed by atoms with Crippen molar-refractivity contribution in [2.75, 3.05) is 19.6 Å². The molecule has 16 heavy (non-hydrogen) atoms. The minimum absolute atomic E-state index is 0.296. The van der Waals surface area contributed by atoms with Crippen LogP contribution in [0.1, 0.15) is 19.3 Å². The summed E-state index contributed by atoms with van der Waals surface area (Å²) in [6, 6.07) is 2.36. The summed E-state index contributed by atoms with van der Waals surface area (Å²) in [7, 11) is 0. The number of aryl methyl sites for hydroxylation is 1. The second-order valence-corrected chi connectivity index (χ2v) is 4.40. The third kappa shape index (κ3) is 3.07. The van der Waals surface area contributed by atoms with Gasteiger partial charge in [-0.3, -0.25) is 0 Å². The van der Waals surface area contributed by atoms with Gasteiger partial charge in [0, 0.05) is 24.9 Å². The topological polar surface area (TPSA) is 44.9 Å². The first-order chi connectivity index (χ1) is 7.88. The number of hydrogen-bond donors (Lipinski definition) is 0. The van der Waals surface area contributed by atoms with E-state index < -0.39 is 0 Å². The van der Waals surface area contributed by atoms with E-state index in [4.69, 9.17) is 5.26 Å². The number of imidazole rings is 1. The molecule has 2 rings (SSSR count). The first-order valence-electron chi connectivity index (χ1n) is 5.96. The molecular weight excluding hydrogens is 200 g/mol. The molecule has 0 radical (unpaired) electrons. The van der Waals surface area contributed by atoms with E-state index in [1.807, 2.05) is 18.7 Å². The summed E-state index contributed by atoms with van der Waals surface area (Å²) >= 11 is 0. The molecule has 0 unspecified atom stereocenters. The molecular formula is C12H18N4. The smallest absolute Gasteiger partial charge is 0.0945 e. The zero-order valence-corrected chi connectivity index (χ0v) is 9.55. The largest absolute Gasteiger partial charge is 0.337 e. The Balaban J connectivity index is 1.63. The van der Waals surface area contributed by atoms with Gasteiger partial charge in [-0.2, -0.15) is 5.26 Å². The van der Waals surface area contributed by atoms with Gasteiger partial charge in [0.1, 0.15) is 0 Å². The zero-order valence-electron chi connectivity index (χ0n) is 9.55. The molecule has 0 N–H and O–H groups in total. The average molecular weight is 218 g/mol. The van der Waals surface area contributed by atoms with Crippen molar-refractivity contribution in [1.82, 2.24) is 14.5 Å². The zero-order chi connectivity index (χ0) is 11.2. The van der Waals surface area contributed by atoms with Crippen molar-refractivity contribution in [3.05, 3.63) is 18.7 Å². The van der Waals surface area contributed by atoms with Crippen LogP contribution < -0.4 is 0 Å². The van der Waals surface area contributed by atoms with E-state index in [-0.39, 0.29) is 0 Å². The van der Waals surface area contributed by atoms with Crippen molar-refractivity contribution in [3.8, 4) is 6.07 Å². The quantitative estimate of drug-likeness (QED) is 0.769. The molecule has 4 nitrogen and oxygen atoms in total. The van der Waals surface area contributed by atoms with Gasteiger partial charge in [-0.25, -0.2) is 4.98 Å². The van der Waals surface area contributed by atoms with Gasteiger partial charge >= 0.3 is 0 Å². The second-order valence-electron chi connectivity index (χ2n) is 4.40. The molecule has 0 saturated carbocycles. The molecule has 4 heteroatoms. The van der Waals surface area contributed by atoms with Crippen molar-refractivity contribution in [2.45, 2.75) is 25.8 Å². The standard InChI is InChI=1S/C12H18N4/c13-10-12-2-7-15(8-3-12)5-1-6-16-9-4-14-11-16/h4,9,11-12H,1-3,5-8H2. The predicted octanol–water partition coefficient (Wildman–Crippen LogP) is 1.51. The molecule has 86 valence electrons. The predicted molar refractivity (Wildman–Crippen MR) is 61.6 cm³/mol. The van der Waals surface area contributed by atoms with Crippen LogP contribution in [-0.2, 0) is 6.54 Å². The number of nitriles is 1. The summed E-state index contributed by atoms with van der Waals surface area (Å²) in [5.74, 6) is 0.296. The molecule has 1 aliphatic heterocycles. The molecule has 0 bridgehead atoms. The van der Waals surface area contributed by atoms with E-state index in [0.717, 1.165) is 45.4 Å². The molecule has 0 aromatic carbocycles. The van der Waals surface area contributed by atoms with Gasteiger partial charge in [0.25, 0.3) is 0 Å². The molecule has 0 amide bonds. The summed E-state index contributed by atoms with van der Waals surface area (Å²) in [4.78, 5) is 6.48. The minimum Gasteiger partial charge on any atom is -0.337 e. The van der Waals surface area contributed by atoms with Crippen molar-refractivity contribution >= 4 is 0 Å². The van der Waals surface area contributed by atoms with E-state index in [2.05, 4.69) is 20.5 Å². The Morgan fingerprint density at radius 1 is 1.31 bits per heavy atom. The Hall–Kier alpha value is -1.34. The third-order valence-electron chi connectivity index (χ3n) is 3.22.